The van der Waals surface area contributed by atoms with E-state index in [0.29, 0.717) is 12.5 Å². The molecule has 19 heavy (non-hydrogen) atoms. The minimum atomic E-state index is 0.278. The van der Waals surface area contributed by atoms with E-state index in [1.54, 1.807) is 0 Å². The number of carbonyl (C=O) groups is 1. The van der Waals surface area contributed by atoms with Crippen molar-refractivity contribution >= 4 is 21.8 Å². The third kappa shape index (κ3) is 3.82. The number of hydrogen-bond acceptors (Lipinski definition) is 1. The number of aryl methyl sites for hydroxylation is 1. The van der Waals surface area contributed by atoms with Gasteiger partial charge in [-0.2, -0.15) is 0 Å². The monoisotopic (exact) mass is 323 g/mol. The van der Waals surface area contributed by atoms with Gasteiger partial charge in [-0.1, -0.05) is 53.0 Å². The third-order valence-corrected chi connectivity index (χ3v) is 4.73. The van der Waals surface area contributed by atoms with E-state index in [2.05, 4.69) is 39.9 Å². The molecule has 1 aromatic carbocycles. The van der Waals surface area contributed by atoms with E-state index in [9.17, 15) is 4.79 Å². The predicted octanol–water partition coefficient (Wildman–Crippen LogP) is 3.70. The Kier molecular flexibility index (Phi) is 5.44. The number of likely N-dealkylation sites (tertiary alicyclic amines) is 1. The van der Waals surface area contributed by atoms with E-state index in [0.717, 1.165) is 30.3 Å². The van der Waals surface area contributed by atoms with Gasteiger partial charge in [0.15, 0.2) is 0 Å². The molecule has 1 atom stereocenters. The van der Waals surface area contributed by atoms with Gasteiger partial charge in [0, 0.05) is 17.9 Å². The molecule has 1 aromatic rings. The molecule has 0 aliphatic carbocycles. The first-order chi connectivity index (χ1) is 9.22. The van der Waals surface area contributed by atoms with E-state index in [1.165, 1.54) is 18.4 Å². The fourth-order valence-corrected chi connectivity index (χ4v) is 3.41. The van der Waals surface area contributed by atoms with Gasteiger partial charge >= 0.3 is 0 Å². The van der Waals surface area contributed by atoms with Crippen LogP contribution in [0.5, 0.6) is 0 Å². The predicted molar refractivity (Wildman–Crippen MR) is 82.6 cm³/mol. The fourth-order valence-electron chi connectivity index (χ4n) is 2.74. The SMILES string of the molecule is Cc1ccccc1CC(=O)N1CCCCCC1CBr. The molecule has 1 aliphatic heterocycles. The number of amides is 1. The zero-order chi connectivity index (χ0) is 13.7. The van der Waals surface area contributed by atoms with Crippen molar-refractivity contribution in [1.82, 2.24) is 4.90 Å². The first kappa shape index (κ1) is 14.6. The molecule has 1 amide bonds. The van der Waals surface area contributed by atoms with Crippen molar-refractivity contribution in [3.8, 4) is 0 Å². The maximum atomic E-state index is 12.5. The Morgan fingerprint density at radius 2 is 2.11 bits per heavy atom. The maximum absolute atomic E-state index is 12.5. The first-order valence-electron chi connectivity index (χ1n) is 7.12. The molecular formula is C16H22BrNO. The van der Waals surface area contributed by atoms with Crippen LogP contribution in [0.3, 0.4) is 0 Å². The van der Waals surface area contributed by atoms with Gasteiger partial charge in [0.2, 0.25) is 5.91 Å². The molecule has 1 unspecified atom stereocenters. The molecular weight excluding hydrogens is 302 g/mol. The van der Waals surface area contributed by atoms with E-state index in [1.807, 2.05) is 12.1 Å². The molecule has 0 radical (unpaired) electrons. The summed E-state index contributed by atoms with van der Waals surface area (Å²) in [6, 6.07) is 8.55. The summed E-state index contributed by atoms with van der Waals surface area (Å²) in [7, 11) is 0. The van der Waals surface area contributed by atoms with Gasteiger partial charge in [0.25, 0.3) is 0 Å². The molecule has 1 saturated heterocycles. The van der Waals surface area contributed by atoms with Crippen LogP contribution in [0.2, 0.25) is 0 Å². The topological polar surface area (TPSA) is 20.3 Å². The smallest absolute Gasteiger partial charge is 0.227 e. The van der Waals surface area contributed by atoms with Gasteiger partial charge in [-0.15, -0.1) is 0 Å². The number of carbonyl (C=O) groups excluding carboxylic acids is 1. The van der Waals surface area contributed by atoms with E-state index < -0.39 is 0 Å². The lowest BCUT2D eigenvalue weighted by Gasteiger charge is -2.29. The highest BCUT2D eigenvalue weighted by Gasteiger charge is 2.24. The average molecular weight is 324 g/mol. The molecule has 1 aliphatic rings. The summed E-state index contributed by atoms with van der Waals surface area (Å²) in [4.78, 5) is 14.6. The van der Waals surface area contributed by atoms with Gasteiger partial charge in [-0.05, 0) is 30.9 Å². The van der Waals surface area contributed by atoms with Crippen molar-refractivity contribution in [3.05, 3.63) is 35.4 Å². The van der Waals surface area contributed by atoms with Gasteiger partial charge in [-0.25, -0.2) is 0 Å². The minimum absolute atomic E-state index is 0.278. The van der Waals surface area contributed by atoms with E-state index in [-0.39, 0.29) is 5.91 Å². The van der Waals surface area contributed by atoms with Crippen LogP contribution in [0, 0.1) is 6.92 Å². The molecule has 2 nitrogen and oxygen atoms in total. The molecule has 0 aromatic heterocycles. The number of rotatable bonds is 3. The van der Waals surface area contributed by atoms with Crippen LogP contribution < -0.4 is 0 Å². The summed E-state index contributed by atoms with van der Waals surface area (Å²) in [5, 5.41) is 0.895. The number of halogens is 1. The van der Waals surface area contributed by atoms with Crippen molar-refractivity contribution in [2.45, 2.75) is 45.1 Å². The molecule has 3 heteroatoms. The van der Waals surface area contributed by atoms with Crippen LogP contribution in [0.25, 0.3) is 0 Å². The molecule has 1 heterocycles. The maximum Gasteiger partial charge on any atom is 0.227 e. The highest BCUT2D eigenvalue weighted by molar-refractivity contribution is 9.09. The number of benzene rings is 1. The zero-order valence-electron chi connectivity index (χ0n) is 11.6. The largest absolute Gasteiger partial charge is 0.339 e. The summed E-state index contributed by atoms with van der Waals surface area (Å²) in [5.74, 6) is 0.278. The van der Waals surface area contributed by atoms with Crippen molar-refractivity contribution in [2.24, 2.45) is 0 Å². The molecule has 0 bridgehead atoms. The number of nitrogens with zero attached hydrogens (tertiary/aromatic N) is 1. The molecule has 0 N–H and O–H groups in total. The molecule has 2 rings (SSSR count). The summed E-state index contributed by atoms with van der Waals surface area (Å²) >= 11 is 3.56. The van der Waals surface area contributed by atoms with Crippen LogP contribution in [0.4, 0.5) is 0 Å². The molecule has 104 valence electrons. The zero-order valence-corrected chi connectivity index (χ0v) is 13.2. The van der Waals surface area contributed by atoms with Gasteiger partial charge < -0.3 is 4.90 Å². The van der Waals surface area contributed by atoms with Crippen LogP contribution >= 0.6 is 15.9 Å². The van der Waals surface area contributed by atoms with Crippen molar-refractivity contribution < 1.29 is 4.79 Å². The third-order valence-electron chi connectivity index (χ3n) is 3.98. The number of hydrogen-bond donors (Lipinski definition) is 0. The van der Waals surface area contributed by atoms with Crippen molar-refractivity contribution in [1.29, 1.82) is 0 Å². The second kappa shape index (κ2) is 7.09. The Morgan fingerprint density at radius 1 is 1.32 bits per heavy atom. The van der Waals surface area contributed by atoms with Gasteiger partial charge in [0.1, 0.15) is 0 Å². The molecule has 0 saturated carbocycles. The Hall–Kier alpha value is -0.830. The Labute approximate surface area is 124 Å². The highest BCUT2D eigenvalue weighted by atomic mass is 79.9. The van der Waals surface area contributed by atoms with Gasteiger partial charge in [-0.3, -0.25) is 4.79 Å². The lowest BCUT2D eigenvalue weighted by atomic mass is 10.0. The summed E-state index contributed by atoms with van der Waals surface area (Å²) in [5.41, 5.74) is 2.37. The fraction of sp³-hybridized carbons (Fsp3) is 0.562. The lowest BCUT2D eigenvalue weighted by molar-refractivity contribution is -0.132. The second-order valence-corrected chi connectivity index (χ2v) is 6.00. The molecule has 0 spiro atoms. The minimum Gasteiger partial charge on any atom is -0.339 e. The van der Waals surface area contributed by atoms with Crippen LogP contribution in [0.15, 0.2) is 24.3 Å². The highest BCUT2D eigenvalue weighted by Crippen LogP contribution is 2.20. The number of alkyl halides is 1. The average Bonchev–Trinajstić information content (AvgIpc) is 2.66. The van der Waals surface area contributed by atoms with Crippen LogP contribution in [-0.4, -0.2) is 28.7 Å². The van der Waals surface area contributed by atoms with Crippen LogP contribution in [-0.2, 0) is 11.2 Å². The Balaban J connectivity index is 2.07. The van der Waals surface area contributed by atoms with Gasteiger partial charge in [0.05, 0.1) is 6.42 Å². The summed E-state index contributed by atoms with van der Waals surface area (Å²) in [6.07, 6.45) is 5.30. The van der Waals surface area contributed by atoms with E-state index in [4.69, 9.17) is 0 Å². The normalized spacial score (nSPS) is 20.1. The standard InChI is InChI=1S/C16H22BrNO/c1-13-7-4-5-8-14(13)11-16(19)18-10-6-2-3-9-15(18)12-17/h4-5,7-8,15H,2-3,6,9-12H2,1H3. The Morgan fingerprint density at radius 3 is 2.84 bits per heavy atom. The summed E-state index contributed by atoms with van der Waals surface area (Å²) in [6.45, 7) is 2.99. The van der Waals surface area contributed by atoms with E-state index >= 15 is 0 Å². The first-order valence-corrected chi connectivity index (χ1v) is 8.24. The lowest BCUT2D eigenvalue weighted by Crippen LogP contribution is -2.41. The van der Waals surface area contributed by atoms with Crippen LogP contribution in [0.1, 0.15) is 36.8 Å². The van der Waals surface area contributed by atoms with Crippen molar-refractivity contribution in [2.75, 3.05) is 11.9 Å². The quantitative estimate of drug-likeness (QED) is 0.776. The Bertz CT molecular complexity index is 433. The molecule has 1 fully saturated rings. The second-order valence-electron chi connectivity index (χ2n) is 5.35. The summed E-state index contributed by atoms with van der Waals surface area (Å²) < 4.78 is 0. The van der Waals surface area contributed by atoms with Crippen molar-refractivity contribution in [3.63, 3.8) is 0 Å².